The highest BCUT2D eigenvalue weighted by atomic mass is 79.9. The Labute approximate surface area is 130 Å². The minimum absolute atomic E-state index is 0.149. The monoisotopic (exact) mass is 351 g/mol. The predicted molar refractivity (Wildman–Crippen MR) is 84.3 cm³/mol. The van der Waals surface area contributed by atoms with Crippen LogP contribution in [0.15, 0.2) is 34.9 Å². The van der Waals surface area contributed by atoms with Gasteiger partial charge in [0.05, 0.1) is 4.92 Å². The predicted octanol–water partition coefficient (Wildman–Crippen LogP) is 3.19. The molecule has 0 unspecified atom stereocenters. The number of aromatic nitrogens is 2. The van der Waals surface area contributed by atoms with Gasteiger partial charge in [-0.2, -0.15) is 4.98 Å². The summed E-state index contributed by atoms with van der Waals surface area (Å²) in [6.45, 7) is 2.96. The minimum atomic E-state index is -0.502. The van der Waals surface area contributed by atoms with Crippen molar-refractivity contribution in [3.8, 4) is 0 Å². The van der Waals surface area contributed by atoms with Crippen molar-refractivity contribution >= 4 is 33.4 Å². The van der Waals surface area contributed by atoms with E-state index < -0.39 is 4.92 Å². The average molecular weight is 352 g/mol. The first-order valence-corrected chi connectivity index (χ1v) is 7.13. The Kier molecular flexibility index (Phi) is 5.04. The summed E-state index contributed by atoms with van der Waals surface area (Å²) in [7, 11) is 0. The molecule has 0 bridgehead atoms. The summed E-state index contributed by atoms with van der Waals surface area (Å²) in [5.41, 5.74) is 0.833. The summed E-state index contributed by atoms with van der Waals surface area (Å²) >= 11 is 3.44. The fourth-order valence-electron chi connectivity index (χ4n) is 1.70. The summed E-state index contributed by atoms with van der Waals surface area (Å²) in [5, 5.41) is 16.9. The standard InChI is InChI=1S/C13H14BrN5O2/c1-2-15-13-17-8-11(19(20)21)12(18-13)16-7-9-5-3-4-6-10(9)14/h3-6,8H,2,7H2,1H3,(H2,15,16,17,18). The molecule has 110 valence electrons. The lowest BCUT2D eigenvalue weighted by Gasteiger charge is -2.09. The average Bonchev–Trinajstić information content (AvgIpc) is 2.46. The van der Waals surface area contributed by atoms with Crippen LogP contribution < -0.4 is 10.6 Å². The van der Waals surface area contributed by atoms with E-state index in [1.54, 1.807) is 0 Å². The maximum Gasteiger partial charge on any atom is 0.329 e. The van der Waals surface area contributed by atoms with Crippen LogP contribution in [0, 0.1) is 10.1 Å². The van der Waals surface area contributed by atoms with Crippen molar-refractivity contribution in [3.05, 3.63) is 50.6 Å². The first-order chi connectivity index (χ1) is 10.1. The molecule has 0 aliphatic carbocycles. The van der Waals surface area contributed by atoms with Gasteiger partial charge in [0.1, 0.15) is 6.20 Å². The zero-order valence-corrected chi connectivity index (χ0v) is 12.9. The molecule has 0 saturated carbocycles. The Balaban J connectivity index is 2.22. The number of halogens is 1. The molecule has 1 aromatic heterocycles. The first-order valence-electron chi connectivity index (χ1n) is 6.34. The Morgan fingerprint density at radius 3 is 2.76 bits per heavy atom. The second kappa shape index (κ2) is 6.98. The van der Waals surface area contributed by atoms with Gasteiger partial charge >= 0.3 is 5.69 Å². The fourth-order valence-corrected chi connectivity index (χ4v) is 2.13. The fraction of sp³-hybridized carbons (Fsp3) is 0.231. The molecule has 0 aliphatic rings. The summed E-state index contributed by atoms with van der Waals surface area (Å²) in [5.74, 6) is 0.555. The van der Waals surface area contributed by atoms with Gasteiger partial charge in [0, 0.05) is 17.6 Å². The second-order valence-corrected chi connectivity index (χ2v) is 5.01. The van der Waals surface area contributed by atoms with Crippen LogP contribution in [0.5, 0.6) is 0 Å². The van der Waals surface area contributed by atoms with Gasteiger partial charge < -0.3 is 10.6 Å². The van der Waals surface area contributed by atoms with Gasteiger partial charge in [0.25, 0.3) is 0 Å². The number of anilines is 2. The number of nitro groups is 1. The van der Waals surface area contributed by atoms with E-state index in [0.717, 1.165) is 10.0 Å². The van der Waals surface area contributed by atoms with Crippen molar-refractivity contribution in [2.24, 2.45) is 0 Å². The van der Waals surface area contributed by atoms with Crippen LogP contribution in [-0.2, 0) is 6.54 Å². The Morgan fingerprint density at radius 1 is 1.33 bits per heavy atom. The van der Waals surface area contributed by atoms with Gasteiger partial charge in [0.15, 0.2) is 0 Å². The van der Waals surface area contributed by atoms with Crippen LogP contribution in [0.4, 0.5) is 17.5 Å². The number of hydrogen-bond acceptors (Lipinski definition) is 6. The van der Waals surface area contributed by atoms with Crippen LogP contribution in [0.2, 0.25) is 0 Å². The molecule has 0 saturated heterocycles. The SMILES string of the molecule is CCNc1ncc([N+](=O)[O-])c(NCc2ccccc2Br)n1. The maximum atomic E-state index is 11.0. The van der Waals surface area contributed by atoms with Crippen LogP contribution >= 0.6 is 15.9 Å². The van der Waals surface area contributed by atoms with Gasteiger partial charge in [-0.3, -0.25) is 10.1 Å². The third-order valence-electron chi connectivity index (χ3n) is 2.71. The number of nitrogens with one attached hydrogen (secondary N) is 2. The molecule has 8 heteroatoms. The zero-order chi connectivity index (χ0) is 15.2. The molecular formula is C13H14BrN5O2. The number of rotatable bonds is 6. The van der Waals surface area contributed by atoms with Crippen molar-refractivity contribution < 1.29 is 4.92 Å². The van der Waals surface area contributed by atoms with E-state index in [-0.39, 0.29) is 11.5 Å². The van der Waals surface area contributed by atoms with Gasteiger partial charge in [-0.05, 0) is 18.6 Å². The summed E-state index contributed by atoms with van der Waals surface area (Å²) < 4.78 is 0.932. The van der Waals surface area contributed by atoms with Gasteiger partial charge in [-0.15, -0.1) is 0 Å². The highest BCUT2D eigenvalue weighted by Crippen LogP contribution is 2.24. The Morgan fingerprint density at radius 2 is 2.10 bits per heavy atom. The molecule has 0 spiro atoms. The summed E-state index contributed by atoms with van der Waals surface area (Å²) in [6, 6.07) is 7.65. The summed E-state index contributed by atoms with van der Waals surface area (Å²) in [4.78, 5) is 18.6. The van der Waals surface area contributed by atoms with Gasteiger partial charge in [-0.25, -0.2) is 4.98 Å². The van der Waals surface area contributed by atoms with Crippen molar-refractivity contribution in [2.75, 3.05) is 17.2 Å². The van der Waals surface area contributed by atoms with Crippen molar-refractivity contribution in [3.63, 3.8) is 0 Å². The maximum absolute atomic E-state index is 11.0. The number of nitrogens with zero attached hydrogens (tertiary/aromatic N) is 3. The molecule has 7 nitrogen and oxygen atoms in total. The largest absolute Gasteiger partial charge is 0.360 e. The van der Waals surface area contributed by atoms with Crippen LogP contribution in [0.25, 0.3) is 0 Å². The molecule has 2 aromatic rings. The highest BCUT2D eigenvalue weighted by molar-refractivity contribution is 9.10. The van der Waals surface area contributed by atoms with Crippen molar-refractivity contribution in [1.29, 1.82) is 0 Å². The topological polar surface area (TPSA) is 93.0 Å². The van der Waals surface area contributed by atoms with Crippen LogP contribution in [0.1, 0.15) is 12.5 Å². The van der Waals surface area contributed by atoms with E-state index in [0.29, 0.717) is 19.0 Å². The van der Waals surface area contributed by atoms with Crippen LogP contribution in [0.3, 0.4) is 0 Å². The molecule has 0 fully saturated rings. The Bertz CT molecular complexity index is 650. The Hall–Kier alpha value is -2.22. The molecule has 2 N–H and O–H groups in total. The zero-order valence-electron chi connectivity index (χ0n) is 11.3. The third kappa shape index (κ3) is 3.88. The van der Waals surface area contributed by atoms with E-state index in [1.807, 2.05) is 31.2 Å². The molecule has 0 amide bonds. The quantitative estimate of drug-likeness (QED) is 0.613. The molecular weight excluding hydrogens is 338 g/mol. The highest BCUT2D eigenvalue weighted by Gasteiger charge is 2.17. The first kappa shape index (κ1) is 15.2. The molecule has 0 aliphatic heterocycles. The lowest BCUT2D eigenvalue weighted by molar-refractivity contribution is -0.384. The molecule has 21 heavy (non-hydrogen) atoms. The molecule has 0 atom stereocenters. The van der Waals surface area contributed by atoms with E-state index in [1.165, 1.54) is 6.20 Å². The van der Waals surface area contributed by atoms with Gasteiger partial charge in [0.2, 0.25) is 11.8 Å². The van der Waals surface area contributed by atoms with Gasteiger partial charge in [-0.1, -0.05) is 34.1 Å². The lowest BCUT2D eigenvalue weighted by atomic mass is 10.2. The van der Waals surface area contributed by atoms with Crippen molar-refractivity contribution in [2.45, 2.75) is 13.5 Å². The number of hydrogen-bond donors (Lipinski definition) is 2. The smallest absolute Gasteiger partial charge is 0.329 e. The molecule has 1 aromatic carbocycles. The summed E-state index contributed by atoms with van der Waals surface area (Å²) in [6.07, 6.45) is 1.20. The van der Waals surface area contributed by atoms with E-state index in [9.17, 15) is 10.1 Å². The van der Waals surface area contributed by atoms with E-state index in [4.69, 9.17) is 0 Å². The van der Waals surface area contributed by atoms with E-state index in [2.05, 4.69) is 36.5 Å². The molecule has 2 rings (SSSR count). The second-order valence-electron chi connectivity index (χ2n) is 4.16. The van der Waals surface area contributed by atoms with Crippen molar-refractivity contribution in [1.82, 2.24) is 9.97 Å². The third-order valence-corrected chi connectivity index (χ3v) is 3.48. The molecule has 0 radical (unpaired) electrons. The van der Waals surface area contributed by atoms with Crippen LogP contribution in [-0.4, -0.2) is 21.4 Å². The van der Waals surface area contributed by atoms with E-state index >= 15 is 0 Å². The number of benzene rings is 1. The lowest BCUT2D eigenvalue weighted by Crippen LogP contribution is -2.09. The normalized spacial score (nSPS) is 10.2. The minimum Gasteiger partial charge on any atom is -0.360 e. The molecule has 1 heterocycles.